The van der Waals surface area contributed by atoms with E-state index in [1.807, 2.05) is 0 Å². The van der Waals surface area contributed by atoms with E-state index in [0.29, 0.717) is 11.8 Å². The molecule has 0 fully saturated rings. The van der Waals surface area contributed by atoms with Crippen molar-refractivity contribution in [2.75, 3.05) is 0 Å². The van der Waals surface area contributed by atoms with E-state index in [9.17, 15) is 4.79 Å². The van der Waals surface area contributed by atoms with Gasteiger partial charge >= 0.3 is 5.97 Å². The van der Waals surface area contributed by atoms with Crippen molar-refractivity contribution in [1.82, 2.24) is 15.5 Å². The second-order valence-corrected chi connectivity index (χ2v) is 2.66. The predicted octanol–water partition coefficient (Wildman–Crippen LogP) is -0.0593. The average Bonchev–Trinajstić information content (AvgIpc) is 2.47. The van der Waals surface area contributed by atoms with Gasteiger partial charge in [-0.3, -0.25) is 10.1 Å². The summed E-state index contributed by atoms with van der Waals surface area (Å²) in [6.07, 6.45) is 0. The summed E-state index contributed by atoms with van der Waals surface area (Å²) in [5.41, 5.74) is 0. The lowest BCUT2D eigenvalue weighted by Crippen LogP contribution is -2.33. The summed E-state index contributed by atoms with van der Waals surface area (Å²) in [6.45, 7) is 3.50. The molecule has 2 N–H and O–H groups in total. The number of rotatable bonds is 4. The molecule has 1 aromatic heterocycles. The van der Waals surface area contributed by atoms with Gasteiger partial charge in [0.25, 0.3) is 0 Å². The fraction of sp³-hybridized carbons (Fsp3) is 0.571. The van der Waals surface area contributed by atoms with Gasteiger partial charge in [-0.15, -0.1) is 10.2 Å². The molecule has 0 aliphatic carbocycles. The maximum atomic E-state index is 10.4. The molecule has 13 heavy (non-hydrogen) atoms. The first kappa shape index (κ1) is 9.66. The van der Waals surface area contributed by atoms with Gasteiger partial charge in [0, 0.05) is 6.92 Å². The molecule has 72 valence electrons. The van der Waals surface area contributed by atoms with Gasteiger partial charge in [0.1, 0.15) is 6.04 Å². The minimum atomic E-state index is -0.906. The Morgan fingerprint density at radius 1 is 1.69 bits per heavy atom. The molecule has 0 amide bonds. The molecule has 0 aliphatic heterocycles. The van der Waals surface area contributed by atoms with Gasteiger partial charge in [-0.25, -0.2) is 0 Å². The third-order valence-corrected chi connectivity index (χ3v) is 1.50. The van der Waals surface area contributed by atoms with Crippen molar-refractivity contribution in [3.05, 3.63) is 11.8 Å². The number of aryl methyl sites for hydroxylation is 1. The molecule has 0 unspecified atom stereocenters. The highest BCUT2D eigenvalue weighted by Gasteiger charge is 2.11. The molecule has 0 saturated carbocycles. The van der Waals surface area contributed by atoms with E-state index < -0.39 is 12.0 Å². The van der Waals surface area contributed by atoms with Gasteiger partial charge in [-0.1, -0.05) is 0 Å². The third-order valence-electron chi connectivity index (χ3n) is 1.50. The van der Waals surface area contributed by atoms with Gasteiger partial charge in [-0.05, 0) is 6.92 Å². The third kappa shape index (κ3) is 2.83. The second kappa shape index (κ2) is 3.99. The number of nitrogens with zero attached hydrogens (tertiary/aromatic N) is 2. The number of carboxylic acids is 1. The fourth-order valence-electron chi connectivity index (χ4n) is 0.737. The van der Waals surface area contributed by atoms with Gasteiger partial charge in [0.05, 0.1) is 6.54 Å². The normalized spacial score (nSPS) is 12.8. The van der Waals surface area contributed by atoms with Crippen molar-refractivity contribution >= 4 is 5.97 Å². The van der Waals surface area contributed by atoms with Crippen LogP contribution in [0, 0.1) is 6.92 Å². The Morgan fingerprint density at radius 2 is 2.38 bits per heavy atom. The first-order valence-corrected chi connectivity index (χ1v) is 3.85. The lowest BCUT2D eigenvalue weighted by molar-refractivity contribution is -0.139. The molecular weight excluding hydrogens is 174 g/mol. The maximum absolute atomic E-state index is 10.4. The van der Waals surface area contributed by atoms with Crippen LogP contribution in [-0.4, -0.2) is 27.3 Å². The smallest absolute Gasteiger partial charge is 0.320 e. The molecule has 0 radical (unpaired) electrons. The van der Waals surface area contributed by atoms with Crippen LogP contribution in [0.5, 0.6) is 0 Å². The summed E-state index contributed by atoms with van der Waals surface area (Å²) < 4.78 is 5.04. The molecular formula is C7H11N3O3. The van der Waals surface area contributed by atoms with Crippen molar-refractivity contribution in [2.24, 2.45) is 0 Å². The van der Waals surface area contributed by atoms with Gasteiger partial charge in [0.15, 0.2) is 0 Å². The predicted molar refractivity (Wildman–Crippen MR) is 43.0 cm³/mol. The number of aromatic nitrogens is 2. The highest BCUT2D eigenvalue weighted by atomic mass is 16.4. The van der Waals surface area contributed by atoms with E-state index >= 15 is 0 Å². The van der Waals surface area contributed by atoms with Gasteiger partial charge < -0.3 is 9.52 Å². The number of carboxylic acid groups (broad SMARTS) is 1. The Kier molecular flexibility index (Phi) is 2.97. The summed E-state index contributed by atoms with van der Waals surface area (Å²) in [5, 5.41) is 18.6. The Hall–Kier alpha value is -1.43. The Bertz CT molecular complexity index is 297. The molecule has 0 aromatic carbocycles. The number of hydrogen-bond acceptors (Lipinski definition) is 5. The first-order valence-electron chi connectivity index (χ1n) is 3.85. The lowest BCUT2D eigenvalue weighted by Gasteiger charge is -2.05. The molecule has 0 bridgehead atoms. The Labute approximate surface area is 75.0 Å². The van der Waals surface area contributed by atoms with Crippen LogP contribution in [0.2, 0.25) is 0 Å². The highest BCUT2D eigenvalue weighted by Crippen LogP contribution is 1.97. The monoisotopic (exact) mass is 185 g/mol. The number of aliphatic carboxylic acids is 1. The molecule has 0 aliphatic rings. The largest absolute Gasteiger partial charge is 0.480 e. The van der Waals surface area contributed by atoms with Crippen molar-refractivity contribution < 1.29 is 14.3 Å². The van der Waals surface area contributed by atoms with Crippen LogP contribution in [-0.2, 0) is 11.3 Å². The molecule has 1 heterocycles. The number of nitrogens with one attached hydrogen (secondary N) is 1. The van der Waals surface area contributed by atoms with Crippen LogP contribution in [0.3, 0.4) is 0 Å². The van der Waals surface area contributed by atoms with Crippen LogP contribution in [0.4, 0.5) is 0 Å². The summed E-state index contributed by atoms with van der Waals surface area (Å²) in [7, 11) is 0. The number of hydrogen-bond donors (Lipinski definition) is 2. The lowest BCUT2D eigenvalue weighted by atomic mass is 10.3. The first-order chi connectivity index (χ1) is 6.09. The fourth-order valence-corrected chi connectivity index (χ4v) is 0.737. The molecule has 6 nitrogen and oxygen atoms in total. The van der Waals surface area contributed by atoms with Crippen molar-refractivity contribution in [1.29, 1.82) is 0 Å². The summed E-state index contributed by atoms with van der Waals surface area (Å²) in [6, 6.07) is -0.618. The second-order valence-electron chi connectivity index (χ2n) is 2.66. The van der Waals surface area contributed by atoms with Crippen LogP contribution in [0.1, 0.15) is 18.7 Å². The highest BCUT2D eigenvalue weighted by molar-refractivity contribution is 5.72. The Balaban J connectivity index is 2.39. The van der Waals surface area contributed by atoms with E-state index in [4.69, 9.17) is 9.52 Å². The average molecular weight is 185 g/mol. The molecule has 0 spiro atoms. The van der Waals surface area contributed by atoms with E-state index in [-0.39, 0.29) is 6.54 Å². The Morgan fingerprint density at radius 3 is 2.85 bits per heavy atom. The summed E-state index contributed by atoms with van der Waals surface area (Å²) in [4.78, 5) is 10.4. The van der Waals surface area contributed by atoms with Crippen LogP contribution in [0.25, 0.3) is 0 Å². The zero-order valence-electron chi connectivity index (χ0n) is 7.44. The molecule has 0 saturated heterocycles. The van der Waals surface area contributed by atoms with Gasteiger partial charge in [-0.2, -0.15) is 0 Å². The quantitative estimate of drug-likeness (QED) is 0.683. The minimum Gasteiger partial charge on any atom is -0.480 e. The summed E-state index contributed by atoms with van der Waals surface area (Å²) >= 11 is 0. The topological polar surface area (TPSA) is 88.2 Å². The van der Waals surface area contributed by atoms with E-state index in [1.54, 1.807) is 13.8 Å². The molecule has 1 rings (SSSR count). The van der Waals surface area contributed by atoms with Crippen molar-refractivity contribution in [3.63, 3.8) is 0 Å². The summed E-state index contributed by atoms with van der Waals surface area (Å²) in [5.74, 6) is -0.0402. The van der Waals surface area contributed by atoms with E-state index in [1.165, 1.54) is 0 Å². The minimum absolute atomic E-state index is 0.272. The van der Waals surface area contributed by atoms with Crippen LogP contribution < -0.4 is 5.32 Å². The maximum Gasteiger partial charge on any atom is 0.320 e. The van der Waals surface area contributed by atoms with Crippen molar-refractivity contribution in [2.45, 2.75) is 26.4 Å². The molecule has 1 aromatic rings. The van der Waals surface area contributed by atoms with Crippen LogP contribution >= 0.6 is 0 Å². The van der Waals surface area contributed by atoms with E-state index in [2.05, 4.69) is 15.5 Å². The standard InChI is InChI=1S/C7H11N3O3/c1-4(7(11)12)8-3-6-10-9-5(2)13-6/h4,8H,3H2,1-2H3,(H,11,12)/t4-/m0/s1. The SMILES string of the molecule is Cc1nnc(CN[C@@H](C)C(=O)O)o1. The van der Waals surface area contributed by atoms with Crippen LogP contribution in [0.15, 0.2) is 4.42 Å². The number of carbonyl (C=O) groups is 1. The molecule has 6 heteroatoms. The zero-order chi connectivity index (χ0) is 9.84. The zero-order valence-corrected chi connectivity index (χ0v) is 7.44. The van der Waals surface area contributed by atoms with Crippen molar-refractivity contribution in [3.8, 4) is 0 Å². The molecule has 1 atom stereocenters. The van der Waals surface area contributed by atoms with E-state index in [0.717, 1.165) is 0 Å². The van der Waals surface area contributed by atoms with Gasteiger partial charge in [0.2, 0.25) is 11.8 Å².